The van der Waals surface area contributed by atoms with Crippen molar-refractivity contribution in [2.45, 2.75) is 25.5 Å². The van der Waals surface area contributed by atoms with Gasteiger partial charge in [0.05, 0.1) is 23.9 Å². The molecule has 2 rings (SSSR count). The second-order valence-electron chi connectivity index (χ2n) is 3.43. The van der Waals surface area contributed by atoms with Crippen molar-refractivity contribution in [2.75, 3.05) is 6.61 Å². The van der Waals surface area contributed by atoms with Gasteiger partial charge in [0, 0.05) is 12.8 Å². The molecule has 2 unspecified atom stereocenters. The molecule has 1 amide bonds. The molecule has 1 aliphatic heterocycles. The van der Waals surface area contributed by atoms with Crippen molar-refractivity contribution in [3.63, 3.8) is 0 Å². The fraction of sp³-hybridized carbons (Fsp3) is 0.556. The van der Waals surface area contributed by atoms with Crippen LogP contribution in [0.25, 0.3) is 0 Å². The molecule has 0 bridgehead atoms. The van der Waals surface area contributed by atoms with Gasteiger partial charge in [-0.25, -0.2) is 0 Å². The Hall–Kier alpha value is -1.36. The van der Waals surface area contributed by atoms with E-state index < -0.39 is 0 Å². The van der Waals surface area contributed by atoms with E-state index in [0.717, 1.165) is 13.0 Å². The molecule has 1 aromatic heterocycles. The van der Waals surface area contributed by atoms with Crippen LogP contribution in [0, 0.1) is 0 Å². The van der Waals surface area contributed by atoms with Gasteiger partial charge in [-0.1, -0.05) is 0 Å². The van der Waals surface area contributed by atoms with E-state index in [1.165, 1.54) is 6.20 Å². The lowest BCUT2D eigenvalue weighted by Gasteiger charge is -2.14. The molecule has 1 saturated heterocycles. The van der Waals surface area contributed by atoms with Crippen molar-refractivity contribution in [3.8, 4) is 0 Å². The molecule has 5 heteroatoms. The molecule has 1 aromatic rings. The van der Waals surface area contributed by atoms with Gasteiger partial charge in [-0.05, 0) is 13.3 Å². The third-order valence-corrected chi connectivity index (χ3v) is 2.45. The van der Waals surface area contributed by atoms with E-state index in [9.17, 15) is 4.79 Å². The van der Waals surface area contributed by atoms with Crippen LogP contribution in [0.1, 0.15) is 23.7 Å². The van der Waals surface area contributed by atoms with E-state index >= 15 is 0 Å². The van der Waals surface area contributed by atoms with Crippen molar-refractivity contribution in [3.05, 3.63) is 18.0 Å². The summed E-state index contributed by atoms with van der Waals surface area (Å²) in [7, 11) is 0. The molecule has 76 valence electrons. The summed E-state index contributed by atoms with van der Waals surface area (Å²) in [4.78, 5) is 11.6. The van der Waals surface area contributed by atoms with Crippen molar-refractivity contribution < 1.29 is 9.53 Å². The van der Waals surface area contributed by atoms with Crippen LogP contribution in [0.15, 0.2) is 12.4 Å². The Bertz CT molecular complexity index is 310. The molecule has 0 aromatic carbocycles. The molecule has 0 aliphatic carbocycles. The average Bonchev–Trinajstić information content (AvgIpc) is 2.77. The second kappa shape index (κ2) is 3.79. The average molecular weight is 195 g/mol. The van der Waals surface area contributed by atoms with Crippen LogP contribution in [0.4, 0.5) is 0 Å². The molecular weight excluding hydrogens is 182 g/mol. The van der Waals surface area contributed by atoms with Gasteiger partial charge in [-0.15, -0.1) is 0 Å². The molecule has 2 atom stereocenters. The number of nitrogens with one attached hydrogen (secondary N) is 2. The first-order valence-corrected chi connectivity index (χ1v) is 4.68. The lowest BCUT2D eigenvalue weighted by atomic mass is 10.1. The lowest BCUT2D eigenvalue weighted by Crippen LogP contribution is -2.39. The predicted octanol–water partition coefficient (Wildman–Crippen LogP) is 0.317. The van der Waals surface area contributed by atoms with Crippen molar-refractivity contribution in [1.29, 1.82) is 0 Å². The number of carbonyl (C=O) groups is 1. The van der Waals surface area contributed by atoms with Gasteiger partial charge in [-0.3, -0.25) is 9.89 Å². The molecule has 0 saturated carbocycles. The van der Waals surface area contributed by atoms with Gasteiger partial charge < -0.3 is 10.1 Å². The number of ether oxygens (including phenoxy) is 1. The van der Waals surface area contributed by atoms with Crippen LogP contribution < -0.4 is 5.32 Å². The number of hydrogen-bond acceptors (Lipinski definition) is 3. The quantitative estimate of drug-likeness (QED) is 0.714. The minimum absolute atomic E-state index is 0.0962. The Kier molecular flexibility index (Phi) is 2.49. The molecule has 5 nitrogen and oxygen atoms in total. The number of aromatic nitrogens is 2. The summed E-state index contributed by atoms with van der Waals surface area (Å²) < 4.78 is 5.35. The first-order valence-electron chi connectivity index (χ1n) is 4.68. The number of nitrogens with zero attached hydrogens (tertiary/aromatic N) is 1. The third-order valence-electron chi connectivity index (χ3n) is 2.45. The zero-order valence-corrected chi connectivity index (χ0v) is 7.99. The summed E-state index contributed by atoms with van der Waals surface area (Å²) in [5.41, 5.74) is 0.559. The molecule has 0 spiro atoms. The van der Waals surface area contributed by atoms with E-state index in [1.54, 1.807) is 6.20 Å². The first kappa shape index (κ1) is 9.21. The highest BCUT2D eigenvalue weighted by Crippen LogP contribution is 2.13. The second-order valence-corrected chi connectivity index (χ2v) is 3.43. The minimum Gasteiger partial charge on any atom is -0.376 e. The number of H-pyrrole nitrogens is 1. The van der Waals surface area contributed by atoms with E-state index in [1.807, 2.05) is 6.92 Å². The van der Waals surface area contributed by atoms with E-state index in [0.29, 0.717) is 5.56 Å². The Morgan fingerprint density at radius 1 is 1.79 bits per heavy atom. The van der Waals surface area contributed by atoms with Crippen LogP contribution in [0.5, 0.6) is 0 Å². The highest BCUT2D eigenvalue weighted by molar-refractivity contribution is 5.93. The minimum atomic E-state index is -0.0962. The van der Waals surface area contributed by atoms with Crippen molar-refractivity contribution in [2.24, 2.45) is 0 Å². The number of rotatable bonds is 2. The summed E-state index contributed by atoms with van der Waals surface area (Å²) >= 11 is 0. The summed E-state index contributed by atoms with van der Waals surface area (Å²) in [6.07, 6.45) is 4.07. The zero-order chi connectivity index (χ0) is 9.97. The smallest absolute Gasteiger partial charge is 0.254 e. The van der Waals surface area contributed by atoms with Crippen molar-refractivity contribution in [1.82, 2.24) is 15.5 Å². The summed E-state index contributed by atoms with van der Waals surface area (Å²) in [6.45, 7) is 2.69. The van der Waals surface area contributed by atoms with Crippen LogP contribution in [0.3, 0.4) is 0 Å². The van der Waals surface area contributed by atoms with E-state index in [4.69, 9.17) is 4.74 Å². The monoisotopic (exact) mass is 195 g/mol. The van der Waals surface area contributed by atoms with E-state index in [2.05, 4.69) is 15.5 Å². The highest BCUT2D eigenvalue weighted by Gasteiger charge is 2.25. The number of amides is 1. The highest BCUT2D eigenvalue weighted by atomic mass is 16.5. The Morgan fingerprint density at radius 2 is 2.64 bits per heavy atom. The Labute approximate surface area is 81.8 Å². The zero-order valence-electron chi connectivity index (χ0n) is 7.99. The first-order chi connectivity index (χ1) is 6.77. The van der Waals surface area contributed by atoms with Crippen LogP contribution in [0.2, 0.25) is 0 Å². The SMILES string of the molecule is CC1OCCC1NC(=O)c1cn[nH]c1. The van der Waals surface area contributed by atoms with Gasteiger partial charge in [0.15, 0.2) is 0 Å². The summed E-state index contributed by atoms with van der Waals surface area (Å²) in [5, 5.41) is 9.23. The molecule has 14 heavy (non-hydrogen) atoms. The standard InChI is InChI=1S/C9H13N3O2/c1-6-8(2-3-14-6)12-9(13)7-4-10-11-5-7/h4-6,8H,2-3H2,1H3,(H,10,11)(H,12,13). The normalized spacial score (nSPS) is 26.4. The van der Waals surface area contributed by atoms with Gasteiger partial charge in [0.2, 0.25) is 0 Å². The maximum atomic E-state index is 11.6. The Morgan fingerprint density at radius 3 is 3.21 bits per heavy atom. The maximum Gasteiger partial charge on any atom is 0.254 e. The van der Waals surface area contributed by atoms with Gasteiger partial charge in [0.25, 0.3) is 5.91 Å². The summed E-state index contributed by atoms with van der Waals surface area (Å²) in [6, 6.07) is 0.123. The fourth-order valence-electron chi connectivity index (χ4n) is 1.55. The lowest BCUT2D eigenvalue weighted by molar-refractivity contribution is 0.0866. The van der Waals surface area contributed by atoms with Gasteiger partial charge >= 0.3 is 0 Å². The topological polar surface area (TPSA) is 67.0 Å². The van der Waals surface area contributed by atoms with Crippen LogP contribution in [-0.2, 0) is 4.74 Å². The predicted molar refractivity (Wildman–Crippen MR) is 49.9 cm³/mol. The molecule has 2 heterocycles. The fourth-order valence-corrected chi connectivity index (χ4v) is 1.55. The van der Waals surface area contributed by atoms with Gasteiger partial charge in [-0.2, -0.15) is 5.10 Å². The summed E-state index contributed by atoms with van der Waals surface area (Å²) in [5.74, 6) is -0.0962. The number of carbonyl (C=O) groups excluding carboxylic acids is 1. The van der Waals surface area contributed by atoms with E-state index in [-0.39, 0.29) is 18.1 Å². The Balaban J connectivity index is 1.95. The largest absolute Gasteiger partial charge is 0.376 e. The molecule has 1 fully saturated rings. The molecule has 0 radical (unpaired) electrons. The maximum absolute atomic E-state index is 11.6. The molecule has 2 N–H and O–H groups in total. The van der Waals surface area contributed by atoms with Crippen LogP contribution in [-0.4, -0.2) is 34.9 Å². The van der Waals surface area contributed by atoms with Gasteiger partial charge in [0.1, 0.15) is 0 Å². The molecule has 1 aliphatic rings. The van der Waals surface area contributed by atoms with Crippen LogP contribution >= 0.6 is 0 Å². The van der Waals surface area contributed by atoms with Crippen molar-refractivity contribution >= 4 is 5.91 Å². The number of hydrogen-bond donors (Lipinski definition) is 2. The number of aromatic amines is 1. The third kappa shape index (κ3) is 1.77. The molecular formula is C9H13N3O2.